The summed E-state index contributed by atoms with van der Waals surface area (Å²) in [5.74, 6) is -0.918. The maximum atomic E-state index is 13.0. The van der Waals surface area contributed by atoms with Gasteiger partial charge in [0.25, 0.3) is 11.5 Å². The molecule has 7 nitrogen and oxygen atoms in total. The number of benzene rings is 2. The number of rotatable bonds is 7. The van der Waals surface area contributed by atoms with Gasteiger partial charge in [-0.15, -0.1) is 0 Å². The number of hydrogen-bond donors (Lipinski definition) is 3. The number of carbonyl (C=O) groups excluding carboxylic acids is 2. The fourth-order valence-electron chi connectivity index (χ4n) is 3.72. The van der Waals surface area contributed by atoms with Crippen LogP contribution in [0.15, 0.2) is 53.3 Å². The maximum Gasteiger partial charge on any atom is 0.266 e. The molecule has 0 saturated heterocycles. The van der Waals surface area contributed by atoms with Crippen LogP contribution in [0.4, 0.5) is 10.1 Å². The first-order chi connectivity index (χ1) is 16.2. The van der Waals surface area contributed by atoms with Crippen LogP contribution in [0.1, 0.15) is 57.7 Å². The van der Waals surface area contributed by atoms with E-state index in [1.807, 2.05) is 13.0 Å². The molecule has 3 aromatic rings. The van der Waals surface area contributed by atoms with E-state index in [9.17, 15) is 24.0 Å². The molecule has 0 radical (unpaired) electrons. The molecule has 8 heteroatoms. The minimum absolute atomic E-state index is 0.0704. The number of H-pyrrole nitrogens is 1. The third kappa shape index (κ3) is 5.75. The number of anilines is 1. The van der Waals surface area contributed by atoms with Crippen LogP contribution in [0.25, 0.3) is 0 Å². The monoisotopic (exact) mass is 460 g/mol. The second kappa shape index (κ2) is 10.6. The van der Waals surface area contributed by atoms with Gasteiger partial charge in [0, 0.05) is 23.4 Å². The topological polar surface area (TPSA) is 115 Å². The molecule has 3 rings (SSSR count). The lowest BCUT2D eigenvalue weighted by Crippen LogP contribution is -2.27. The van der Waals surface area contributed by atoms with Crippen molar-refractivity contribution in [2.45, 2.75) is 39.7 Å². The summed E-state index contributed by atoms with van der Waals surface area (Å²) in [6.07, 6.45) is 0.602. The number of nitrogens with one attached hydrogen (secondary N) is 3. The lowest BCUT2D eigenvalue weighted by molar-refractivity contribution is -0.121. The molecule has 1 heterocycles. The Hall–Kier alpha value is -4.25. The van der Waals surface area contributed by atoms with Crippen LogP contribution >= 0.6 is 0 Å². The normalized spacial score (nSPS) is 11.4. The van der Waals surface area contributed by atoms with Gasteiger partial charge in [0.05, 0.1) is 6.04 Å². The Morgan fingerprint density at radius 2 is 1.74 bits per heavy atom. The molecule has 0 aliphatic carbocycles. The highest BCUT2D eigenvalue weighted by molar-refractivity contribution is 6.04. The fraction of sp³-hybridized carbons (Fsp3) is 0.231. The molecule has 1 unspecified atom stereocenters. The molecule has 0 fully saturated rings. The highest BCUT2D eigenvalue weighted by Crippen LogP contribution is 2.18. The van der Waals surface area contributed by atoms with Crippen molar-refractivity contribution in [3.05, 3.63) is 98.2 Å². The summed E-state index contributed by atoms with van der Waals surface area (Å²) >= 11 is 0. The van der Waals surface area contributed by atoms with Gasteiger partial charge in [0.2, 0.25) is 5.91 Å². The zero-order chi connectivity index (χ0) is 24.8. The summed E-state index contributed by atoms with van der Waals surface area (Å²) < 4.78 is 13.0. The van der Waals surface area contributed by atoms with Gasteiger partial charge in [-0.25, -0.2) is 4.39 Å². The number of aromatic nitrogens is 1. The Kier molecular flexibility index (Phi) is 7.59. The van der Waals surface area contributed by atoms with Crippen molar-refractivity contribution in [2.24, 2.45) is 0 Å². The second-order valence-electron chi connectivity index (χ2n) is 8.04. The predicted octanol–water partition coefficient (Wildman–Crippen LogP) is 4.06. The summed E-state index contributed by atoms with van der Waals surface area (Å²) in [6.45, 7) is 5.32. The van der Waals surface area contributed by atoms with Gasteiger partial charge in [-0.05, 0) is 80.3 Å². The van der Waals surface area contributed by atoms with E-state index in [2.05, 4.69) is 15.6 Å². The molecule has 1 atom stereocenters. The van der Waals surface area contributed by atoms with Gasteiger partial charge in [-0.3, -0.25) is 14.4 Å². The smallest absolute Gasteiger partial charge is 0.266 e. The van der Waals surface area contributed by atoms with Crippen molar-refractivity contribution in [2.75, 3.05) is 5.32 Å². The Balaban J connectivity index is 1.57. The summed E-state index contributed by atoms with van der Waals surface area (Å²) in [4.78, 5) is 39.3. The van der Waals surface area contributed by atoms with Gasteiger partial charge >= 0.3 is 0 Å². The number of halogens is 1. The molecule has 1 aromatic heterocycles. The summed E-state index contributed by atoms with van der Waals surface area (Å²) in [5.41, 5.74) is 3.48. The number of aromatic amines is 1. The second-order valence-corrected chi connectivity index (χ2v) is 8.04. The minimum Gasteiger partial charge on any atom is -0.350 e. The summed E-state index contributed by atoms with van der Waals surface area (Å²) in [6, 6.07) is 14.0. The fourth-order valence-corrected chi connectivity index (χ4v) is 3.72. The van der Waals surface area contributed by atoms with Crippen molar-refractivity contribution in [3.63, 3.8) is 0 Å². The average Bonchev–Trinajstić information content (AvgIpc) is 2.79. The van der Waals surface area contributed by atoms with Gasteiger partial charge in [-0.2, -0.15) is 5.26 Å². The molecule has 0 aliphatic heterocycles. The van der Waals surface area contributed by atoms with E-state index in [1.165, 1.54) is 24.3 Å². The van der Waals surface area contributed by atoms with Crippen molar-refractivity contribution >= 4 is 17.5 Å². The molecule has 2 amide bonds. The maximum absolute atomic E-state index is 13.0. The zero-order valence-electron chi connectivity index (χ0n) is 19.2. The molecule has 0 saturated carbocycles. The van der Waals surface area contributed by atoms with Crippen LogP contribution in [0, 0.1) is 31.0 Å². The number of aryl methyl sites for hydroxylation is 1. The van der Waals surface area contributed by atoms with E-state index < -0.39 is 11.4 Å². The van der Waals surface area contributed by atoms with Crippen LogP contribution in [0.3, 0.4) is 0 Å². The molecule has 0 spiro atoms. The molecular weight excluding hydrogens is 435 g/mol. The third-order valence-corrected chi connectivity index (χ3v) is 5.67. The lowest BCUT2D eigenvalue weighted by atomic mass is 9.99. The molecule has 34 heavy (non-hydrogen) atoms. The van der Waals surface area contributed by atoms with Gasteiger partial charge in [0.1, 0.15) is 17.4 Å². The minimum atomic E-state index is -0.420. The highest BCUT2D eigenvalue weighted by atomic mass is 19.1. The number of hydrogen-bond acceptors (Lipinski definition) is 4. The first-order valence-electron chi connectivity index (χ1n) is 10.8. The largest absolute Gasteiger partial charge is 0.350 e. The van der Waals surface area contributed by atoms with Crippen LogP contribution in [-0.4, -0.2) is 16.8 Å². The summed E-state index contributed by atoms with van der Waals surface area (Å²) in [7, 11) is 0. The Morgan fingerprint density at radius 3 is 2.35 bits per heavy atom. The number of pyridine rings is 1. The number of carbonyl (C=O) groups is 2. The molecule has 174 valence electrons. The van der Waals surface area contributed by atoms with E-state index in [0.29, 0.717) is 28.9 Å². The molecule has 2 aromatic carbocycles. The van der Waals surface area contributed by atoms with Crippen molar-refractivity contribution in [1.29, 1.82) is 5.26 Å². The van der Waals surface area contributed by atoms with Crippen LogP contribution < -0.4 is 16.2 Å². The van der Waals surface area contributed by atoms with E-state index in [4.69, 9.17) is 0 Å². The number of nitrogens with zero attached hydrogens (tertiary/aromatic N) is 1. The number of nitriles is 1. The SMILES string of the molecule is Cc1[nH]c(=O)c(C#N)c(C)c1CCC(=O)NC(C)c1ccc(NC(=O)c2ccc(F)cc2)cc1. The van der Waals surface area contributed by atoms with Crippen LogP contribution in [0.5, 0.6) is 0 Å². The van der Waals surface area contributed by atoms with Crippen molar-refractivity contribution in [3.8, 4) is 6.07 Å². The standard InChI is InChI=1S/C26H25FN4O3/c1-15-22(17(3)30-26(34)23(15)14-28)12-13-24(32)29-16(2)18-6-10-21(11-7-18)31-25(33)19-4-8-20(27)9-5-19/h4-11,16H,12-13H2,1-3H3,(H,29,32)(H,30,34)(H,31,33). The first kappa shape index (κ1) is 24.4. The quantitative estimate of drug-likeness (QED) is 0.493. The van der Waals surface area contributed by atoms with E-state index in [1.54, 1.807) is 38.1 Å². The third-order valence-electron chi connectivity index (χ3n) is 5.67. The Bertz CT molecular complexity index is 1310. The van der Waals surface area contributed by atoms with Gasteiger partial charge in [-0.1, -0.05) is 12.1 Å². The highest BCUT2D eigenvalue weighted by Gasteiger charge is 2.15. The molecule has 0 aliphatic rings. The van der Waals surface area contributed by atoms with Gasteiger partial charge < -0.3 is 15.6 Å². The Labute approximate surface area is 196 Å². The van der Waals surface area contributed by atoms with E-state index in [-0.39, 0.29) is 29.8 Å². The van der Waals surface area contributed by atoms with E-state index in [0.717, 1.165) is 11.1 Å². The first-order valence-corrected chi connectivity index (χ1v) is 10.8. The Morgan fingerprint density at radius 1 is 1.09 bits per heavy atom. The predicted molar refractivity (Wildman–Crippen MR) is 127 cm³/mol. The zero-order valence-corrected chi connectivity index (χ0v) is 19.2. The molecule has 0 bridgehead atoms. The van der Waals surface area contributed by atoms with Gasteiger partial charge in [0.15, 0.2) is 0 Å². The average molecular weight is 461 g/mol. The van der Waals surface area contributed by atoms with Crippen molar-refractivity contribution in [1.82, 2.24) is 10.3 Å². The van der Waals surface area contributed by atoms with Crippen LogP contribution in [0.2, 0.25) is 0 Å². The summed E-state index contributed by atoms with van der Waals surface area (Å²) in [5, 5.41) is 14.9. The van der Waals surface area contributed by atoms with Crippen molar-refractivity contribution < 1.29 is 14.0 Å². The lowest BCUT2D eigenvalue weighted by Gasteiger charge is -2.16. The van der Waals surface area contributed by atoms with E-state index >= 15 is 0 Å². The number of amides is 2. The molecular formula is C26H25FN4O3. The molecule has 3 N–H and O–H groups in total. The van der Waals surface area contributed by atoms with Crippen LogP contribution in [-0.2, 0) is 11.2 Å².